The van der Waals surface area contributed by atoms with Crippen molar-refractivity contribution in [1.82, 2.24) is 15.1 Å². The summed E-state index contributed by atoms with van der Waals surface area (Å²) in [5, 5.41) is 3.34. The Bertz CT molecular complexity index is 270. The molecule has 1 heterocycles. The van der Waals surface area contributed by atoms with Crippen molar-refractivity contribution in [2.45, 2.75) is 38.6 Å². The average Bonchev–Trinajstić information content (AvgIpc) is 3.23. The lowest BCUT2D eigenvalue weighted by molar-refractivity contribution is -0.129. The van der Waals surface area contributed by atoms with E-state index in [9.17, 15) is 4.79 Å². The molecule has 0 unspecified atom stereocenters. The standard InChI is InChI=1S/C14H27N3O/c1-3-17-8-6-12(7-9-17)10-15-11-14(18)16(2)13-4-5-13/h12-13,15H,3-11H2,1-2H3. The zero-order valence-corrected chi connectivity index (χ0v) is 11.8. The third kappa shape index (κ3) is 3.95. The Morgan fingerprint density at radius 3 is 2.50 bits per heavy atom. The molecule has 4 nitrogen and oxygen atoms in total. The molecule has 104 valence electrons. The lowest BCUT2D eigenvalue weighted by Crippen LogP contribution is -2.41. The minimum absolute atomic E-state index is 0.253. The summed E-state index contributed by atoms with van der Waals surface area (Å²) in [6.45, 7) is 7.36. The molecule has 4 heteroatoms. The maximum atomic E-state index is 11.8. The van der Waals surface area contributed by atoms with E-state index in [1.54, 1.807) is 0 Å². The second-order valence-corrected chi connectivity index (χ2v) is 5.74. The molecule has 1 aliphatic carbocycles. The normalized spacial score (nSPS) is 22.1. The van der Waals surface area contributed by atoms with Crippen LogP contribution in [0.3, 0.4) is 0 Å². The largest absolute Gasteiger partial charge is 0.342 e. The fourth-order valence-electron chi connectivity index (χ4n) is 2.68. The molecular weight excluding hydrogens is 226 g/mol. The molecule has 1 saturated heterocycles. The highest BCUT2D eigenvalue weighted by molar-refractivity contribution is 5.78. The Labute approximate surface area is 111 Å². The van der Waals surface area contributed by atoms with Gasteiger partial charge in [0.15, 0.2) is 0 Å². The first-order chi connectivity index (χ1) is 8.70. The van der Waals surface area contributed by atoms with Gasteiger partial charge in [-0.25, -0.2) is 0 Å². The van der Waals surface area contributed by atoms with Crippen molar-refractivity contribution >= 4 is 5.91 Å². The number of carbonyl (C=O) groups excluding carboxylic acids is 1. The smallest absolute Gasteiger partial charge is 0.236 e. The van der Waals surface area contributed by atoms with Gasteiger partial charge in [0.25, 0.3) is 0 Å². The van der Waals surface area contributed by atoms with Gasteiger partial charge in [0.05, 0.1) is 6.54 Å². The quantitative estimate of drug-likeness (QED) is 0.765. The summed E-state index contributed by atoms with van der Waals surface area (Å²) in [4.78, 5) is 16.2. The predicted octanol–water partition coefficient (Wildman–Crippen LogP) is 0.929. The molecular formula is C14H27N3O. The SMILES string of the molecule is CCN1CCC(CNCC(=O)N(C)C2CC2)CC1. The summed E-state index contributed by atoms with van der Waals surface area (Å²) in [7, 11) is 1.93. The second kappa shape index (κ2) is 6.53. The zero-order valence-electron chi connectivity index (χ0n) is 11.8. The molecule has 0 aromatic heterocycles. The third-order valence-electron chi connectivity index (χ3n) is 4.35. The van der Waals surface area contributed by atoms with Crippen LogP contribution in [0.25, 0.3) is 0 Å². The Morgan fingerprint density at radius 1 is 1.28 bits per heavy atom. The molecule has 2 rings (SSSR count). The van der Waals surface area contributed by atoms with Crippen LogP contribution >= 0.6 is 0 Å². The Balaban J connectivity index is 1.56. The van der Waals surface area contributed by atoms with Crippen LogP contribution in [0.5, 0.6) is 0 Å². The predicted molar refractivity (Wildman–Crippen MR) is 73.5 cm³/mol. The number of likely N-dealkylation sites (tertiary alicyclic amines) is 1. The molecule has 1 amide bonds. The van der Waals surface area contributed by atoms with Gasteiger partial charge in [-0.05, 0) is 57.8 Å². The van der Waals surface area contributed by atoms with E-state index < -0.39 is 0 Å². The van der Waals surface area contributed by atoms with E-state index in [-0.39, 0.29) is 5.91 Å². The minimum Gasteiger partial charge on any atom is -0.342 e. The van der Waals surface area contributed by atoms with E-state index in [2.05, 4.69) is 17.1 Å². The molecule has 1 N–H and O–H groups in total. The van der Waals surface area contributed by atoms with Crippen LogP contribution < -0.4 is 5.32 Å². The molecule has 0 spiro atoms. The van der Waals surface area contributed by atoms with Crippen LogP contribution in [0.1, 0.15) is 32.6 Å². The second-order valence-electron chi connectivity index (χ2n) is 5.74. The highest BCUT2D eigenvalue weighted by Gasteiger charge is 2.29. The van der Waals surface area contributed by atoms with Crippen LogP contribution in [-0.4, -0.2) is 61.5 Å². The first-order valence-corrected chi connectivity index (χ1v) is 7.39. The number of amides is 1. The van der Waals surface area contributed by atoms with Crippen LogP contribution in [0, 0.1) is 5.92 Å². The van der Waals surface area contributed by atoms with Gasteiger partial charge in [0.1, 0.15) is 0 Å². The maximum Gasteiger partial charge on any atom is 0.236 e. The molecule has 2 fully saturated rings. The van der Waals surface area contributed by atoms with Gasteiger partial charge in [-0.2, -0.15) is 0 Å². The summed E-state index contributed by atoms with van der Waals surface area (Å²) in [6.07, 6.45) is 4.93. The fourth-order valence-corrected chi connectivity index (χ4v) is 2.68. The van der Waals surface area contributed by atoms with E-state index in [0.29, 0.717) is 12.6 Å². The molecule has 0 aromatic carbocycles. The summed E-state index contributed by atoms with van der Waals surface area (Å²) in [6, 6.07) is 0.534. The number of hydrogen-bond donors (Lipinski definition) is 1. The summed E-state index contributed by atoms with van der Waals surface area (Å²) >= 11 is 0. The van der Waals surface area contributed by atoms with Crippen molar-refractivity contribution in [1.29, 1.82) is 0 Å². The van der Waals surface area contributed by atoms with Crippen molar-refractivity contribution in [3.05, 3.63) is 0 Å². The number of piperidine rings is 1. The summed E-state index contributed by atoms with van der Waals surface area (Å²) in [5.41, 5.74) is 0. The number of carbonyl (C=O) groups is 1. The minimum atomic E-state index is 0.253. The molecule has 0 radical (unpaired) electrons. The highest BCUT2D eigenvalue weighted by Crippen LogP contribution is 2.25. The van der Waals surface area contributed by atoms with Gasteiger partial charge >= 0.3 is 0 Å². The van der Waals surface area contributed by atoms with Crippen molar-refractivity contribution in [3.63, 3.8) is 0 Å². The Hall–Kier alpha value is -0.610. The van der Waals surface area contributed by atoms with Gasteiger partial charge in [0, 0.05) is 13.1 Å². The average molecular weight is 253 g/mol. The van der Waals surface area contributed by atoms with Crippen LogP contribution in [0.2, 0.25) is 0 Å². The first kappa shape index (κ1) is 13.8. The molecule has 2 aliphatic rings. The molecule has 0 bridgehead atoms. The van der Waals surface area contributed by atoms with Crippen LogP contribution in [0.15, 0.2) is 0 Å². The zero-order chi connectivity index (χ0) is 13.0. The summed E-state index contributed by atoms with van der Waals surface area (Å²) in [5.74, 6) is 1.01. The summed E-state index contributed by atoms with van der Waals surface area (Å²) < 4.78 is 0. The monoisotopic (exact) mass is 253 g/mol. The molecule has 0 atom stereocenters. The molecule has 1 aliphatic heterocycles. The van der Waals surface area contributed by atoms with Crippen molar-refractivity contribution in [3.8, 4) is 0 Å². The molecule has 0 aromatic rings. The van der Waals surface area contributed by atoms with Crippen LogP contribution in [-0.2, 0) is 4.79 Å². The number of hydrogen-bond acceptors (Lipinski definition) is 3. The van der Waals surface area contributed by atoms with Gasteiger partial charge in [-0.15, -0.1) is 0 Å². The highest BCUT2D eigenvalue weighted by atomic mass is 16.2. The Morgan fingerprint density at radius 2 is 1.94 bits per heavy atom. The van der Waals surface area contributed by atoms with E-state index in [4.69, 9.17) is 0 Å². The maximum absolute atomic E-state index is 11.8. The number of nitrogens with one attached hydrogen (secondary N) is 1. The Kier molecular flexibility index (Phi) is 5.01. The van der Waals surface area contributed by atoms with E-state index in [1.165, 1.54) is 45.3 Å². The fraction of sp³-hybridized carbons (Fsp3) is 0.929. The van der Waals surface area contributed by atoms with E-state index in [1.807, 2.05) is 11.9 Å². The van der Waals surface area contributed by atoms with Crippen molar-refractivity contribution in [2.24, 2.45) is 5.92 Å². The van der Waals surface area contributed by atoms with Crippen molar-refractivity contribution in [2.75, 3.05) is 39.8 Å². The van der Waals surface area contributed by atoms with Crippen LogP contribution in [0.4, 0.5) is 0 Å². The lowest BCUT2D eigenvalue weighted by Gasteiger charge is -2.31. The number of rotatable bonds is 6. The topological polar surface area (TPSA) is 35.6 Å². The van der Waals surface area contributed by atoms with Gasteiger partial charge < -0.3 is 15.1 Å². The van der Waals surface area contributed by atoms with E-state index in [0.717, 1.165) is 12.5 Å². The van der Waals surface area contributed by atoms with E-state index >= 15 is 0 Å². The van der Waals surface area contributed by atoms with Gasteiger partial charge in [0.2, 0.25) is 5.91 Å². The molecule has 1 saturated carbocycles. The lowest BCUT2D eigenvalue weighted by atomic mass is 9.97. The van der Waals surface area contributed by atoms with Crippen molar-refractivity contribution < 1.29 is 4.79 Å². The van der Waals surface area contributed by atoms with Gasteiger partial charge in [-0.3, -0.25) is 4.79 Å². The number of nitrogens with zero attached hydrogens (tertiary/aromatic N) is 2. The number of likely N-dealkylation sites (N-methyl/N-ethyl adjacent to an activating group) is 1. The van der Waals surface area contributed by atoms with Gasteiger partial charge in [-0.1, -0.05) is 6.92 Å². The third-order valence-corrected chi connectivity index (χ3v) is 4.35. The first-order valence-electron chi connectivity index (χ1n) is 7.39. The molecule has 18 heavy (non-hydrogen) atoms.